The maximum Gasteiger partial charge on any atom is 0.239 e. The molecule has 0 bridgehead atoms. The Labute approximate surface area is 207 Å². The lowest BCUT2D eigenvalue weighted by Gasteiger charge is -2.44. The van der Waals surface area contributed by atoms with Crippen LogP contribution in [0.25, 0.3) is 5.52 Å². The van der Waals surface area contributed by atoms with Crippen molar-refractivity contribution in [2.45, 2.75) is 44.3 Å². The van der Waals surface area contributed by atoms with Crippen LogP contribution in [-0.2, 0) is 11.3 Å². The molecule has 5 rings (SSSR count). The van der Waals surface area contributed by atoms with Gasteiger partial charge in [-0.25, -0.2) is 9.97 Å². The summed E-state index contributed by atoms with van der Waals surface area (Å²) in [6.45, 7) is 4.02. The normalized spacial score (nSPS) is 22.5. The molecule has 1 aromatic carbocycles. The molecule has 0 radical (unpaired) electrons. The predicted molar refractivity (Wildman–Crippen MR) is 133 cm³/mol. The van der Waals surface area contributed by atoms with Crippen molar-refractivity contribution in [1.82, 2.24) is 24.6 Å². The molecule has 2 fully saturated rings. The van der Waals surface area contributed by atoms with E-state index in [0.29, 0.717) is 13.1 Å². The molecule has 3 atom stereocenters. The molecule has 2 N–H and O–H groups in total. The first kappa shape index (κ1) is 22.9. The number of rotatable bonds is 6. The van der Waals surface area contributed by atoms with Gasteiger partial charge in [-0.2, -0.15) is 0 Å². The van der Waals surface area contributed by atoms with Crippen LogP contribution in [0.5, 0.6) is 11.5 Å². The molecular formula is C24H29BrN6O3. The van der Waals surface area contributed by atoms with Crippen molar-refractivity contribution in [3.05, 3.63) is 46.6 Å². The van der Waals surface area contributed by atoms with Crippen LogP contribution in [0.2, 0.25) is 0 Å². The summed E-state index contributed by atoms with van der Waals surface area (Å²) in [6, 6.07) is 5.90. The van der Waals surface area contributed by atoms with Crippen molar-refractivity contribution in [3.63, 3.8) is 0 Å². The number of anilines is 1. The number of hydrogen-bond donors (Lipinski definition) is 2. The summed E-state index contributed by atoms with van der Waals surface area (Å²) in [5.74, 6) is 3.52. The monoisotopic (exact) mass is 528 g/mol. The Kier molecular flexibility index (Phi) is 6.35. The second kappa shape index (κ2) is 9.42. The maximum absolute atomic E-state index is 12.8. The molecular weight excluding hydrogens is 500 g/mol. The number of nitrogens with zero attached hydrogens (tertiary/aromatic N) is 4. The highest BCUT2D eigenvalue weighted by Gasteiger charge is 2.38. The maximum atomic E-state index is 12.8. The fourth-order valence-electron chi connectivity index (χ4n) is 4.98. The van der Waals surface area contributed by atoms with E-state index in [9.17, 15) is 4.79 Å². The van der Waals surface area contributed by atoms with Gasteiger partial charge in [-0.1, -0.05) is 0 Å². The summed E-state index contributed by atoms with van der Waals surface area (Å²) in [6.07, 6.45) is 5.68. The number of carbonyl (C=O) groups is 1. The molecule has 3 aromatic rings. The van der Waals surface area contributed by atoms with E-state index in [1.807, 2.05) is 36.2 Å². The molecule has 0 unspecified atom stereocenters. The van der Waals surface area contributed by atoms with E-state index in [0.717, 1.165) is 58.2 Å². The van der Waals surface area contributed by atoms with E-state index in [4.69, 9.17) is 14.5 Å². The summed E-state index contributed by atoms with van der Waals surface area (Å²) in [5.41, 5.74) is 1.87. The highest BCUT2D eigenvalue weighted by molar-refractivity contribution is 9.10. The lowest BCUT2D eigenvalue weighted by molar-refractivity contribution is -0.140. The van der Waals surface area contributed by atoms with Crippen LogP contribution in [0.4, 0.5) is 5.82 Å². The van der Waals surface area contributed by atoms with Gasteiger partial charge < -0.3 is 25.0 Å². The molecule has 10 heteroatoms. The van der Waals surface area contributed by atoms with Gasteiger partial charge in [0.2, 0.25) is 5.91 Å². The van der Waals surface area contributed by atoms with Crippen LogP contribution in [0.1, 0.15) is 37.1 Å². The number of piperazine rings is 1. The van der Waals surface area contributed by atoms with Gasteiger partial charge in [0.25, 0.3) is 0 Å². The number of piperidine rings is 1. The molecule has 180 valence electrons. The summed E-state index contributed by atoms with van der Waals surface area (Å²) in [7, 11) is 3.28. The van der Waals surface area contributed by atoms with Crippen LogP contribution in [-0.4, -0.2) is 64.6 Å². The van der Waals surface area contributed by atoms with Crippen LogP contribution in [0.3, 0.4) is 0 Å². The predicted octanol–water partition coefficient (Wildman–Crippen LogP) is 3.19. The zero-order valence-corrected chi connectivity index (χ0v) is 21.1. The van der Waals surface area contributed by atoms with Gasteiger partial charge in [0, 0.05) is 55.6 Å². The molecule has 34 heavy (non-hydrogen) atoms. The van der Waals surface area contributed by atoms with Crippen LogP contribution >= 0.6 is 15.9 Å². The Balaban J connectivity index is 1.40. The van der Waals surface area contributed by atoms with E-state index >= 15 is 0 Å². The quantitative estimate of drug-likeness (QED) is 0.507. The minimum absolute atomic E-state index is 0.131. The third-order valence-electron chi connectivity index (χ3n) is 6.86. The average Bonchev–Trinajstić information content (AvgIpc) is 3.21. The minimum Gasteiger partial charge on any atom is -0.497 e. The van der Waals surface area contributed by atoms with E-state index in [-0.39, 0.29) is 23.9 Å². The highest BCUT2D eigenvalue weighted by atomic mass is 79.9. The van der Waals surface area contributed by atoms with Gasteiger partial charge in [0.15, 0.2) is 5.82 Å². The zero-order chi connectivity index (χ0) is 23.8. The molecule has 2 saturated heterocycles. The van der Waals surface area contributed by atoms with Crippen molar-refractivity contribution in [2.75, 3.05) is 32.6 Å². The summed E-state index contributed by atoms with van der Waals surface area (Å²) in [4.78, 5) is 24.3. The molecule has 2 aliphatic rings. The first-order valence-electron chi connectivity index (χ1n) is 11.5. The molecule has 2 aliphatic heterocycles. The van der Waals surface area contributed by atoms with Crippen LogP contribution in [0.15, 0.2) is 35.2 Å². The van der Waals surface area contributed by atoms with Crippen LogP contribution in [0, 0.1) is 0 Å². The number of aromatic nitrogens is 3. The van der Waals surface area contributed by atoms with E-state index in [1.165, 1.54) is 0 Å². The molecule has 4 heterocycles. The number of nitrogens with one attached hydrogen (secondary N) is 2. The molecule has 9 nitrogen and oxygen atoms in total. The van der Waals surface area contributed by atoms with Crippen molar-refractivity contribution in [2.24, 2.45) is 0 Å². The zero-order valence-electron chi connectivity index (χ0n) is 19.5. The Bertz CT molecular complexity index is 1210. The Morgan fingerprint density at radius 1 is 1.26 bits per heavy atom. The van der Waals surface area contributed by atoms with Gasteiger partial charge in [0.1, 0.15) is 27.4 Å². The third-order valence-corrected chi connectivity index (χ3v) is 7.42. The number of benzene rings is 1. The van der Waals surface area contributed by atoms with Gasteiger partial charge >= 0.3 is 0 Å². The summed E-state index contributed by atoms with van der Waals surface area (Å²) < 4.78 is 13.6. The molecule has 0 saturated carbocycles. The minimum atomic E-state index is -0.131. The number of methoxy groups -OCH3 is 2. The van der Waals surface area contributed by atoms with Crippen molar-refractivity contribution in [1.29, 1.82) is 0 Å². The third kappa shape index (κ3) is 4.09. The van der Waals surface area contributed by atoms with Gasteiger partial charge in [-0.15, -0.1) is 0 Å². The molecule has 0 aliphatic carbocycles. The molecule has 1 amide bonds. The van der Waals surface area contributed by atoms with E-state index < -0.39 is 0 Å². The Morgan fingerprint density at radius 3 is 2.91 bits per heavy atom. The number of imidazole rings is 1. The fraction of sp³-hybridized carbons (Fsp3) is 0.458. The number of carbonyl (C=O) groups excluding carboxylic acids is 1. The SMILES string of the molecule is COc1ccc(CNc2nccn3c([C@@H]4CC[C@H]5CN[C@H](C)C(=O)N5C4)nc(Br)c23)c(OC)c1. The first-order valence-corrected chi connectivity index (χ1v) is 12.3. The lowest BCUT2D eigenvalue weighted by atomic mass is 9.90. The van der Waals surface area contributed by atoms with Crippen molar-refractivity contribution in [3.8, 4) is 11.5 Å². The van der Waals surface area contributed by atoms with Gasteiger partial charge in [-0.3, -0.25) is 9.20 Å². The fourth-order valence-corrected chi connectivity index (χ4v) is 5.54. The van der Waals surface area contributed by atoms with Crippen molar-refractivity contribution < 1.29 is 14.3 Å². The number of ether oxygens (including phenoxy) is 2. The second-order valence-electron chi connectivity index (χ2n) is 8.84. The second-order valence-corrected chi connectivity index (χ2v) is 9.59. The number of halogens is 1. The number of fused-ring (bicyclic) bond motifs is 2. The summed E-state index contributed by atoms with van der Waals surface area (Å²) >= 11 is 3.66. The van der Waals surface area contributed by atoms with Crippen molar-refractivity contribution >= 4 is 33.2 Å². The standard InChI is InChI=1S/C24H29BrN6O3/c1-14-24(32)31-13-16(4-6-17(31)12-27-14)23-29-21(25)20-22(26-8-9-30(20)23)28-11-15-5-7-18(33-2)10-19(15)34-3/h5,7-10,14,16-17,27H,4,6,11-13H2,1-3H3,(H,26,28)/t14-,16-,17+/m1/s1. The Hall–Kier alpha value is -2.85. The Morgan fingerprint density at radius 2 is 2.12 bits per heavy atom. The smallest absolute Gasteiger partial charge is 0.239 e. The number of amides is 1. The first-order chi connectivity index (χ1) is 16.5. The van der Waals surface area contributed by atoms with Gasteiger partial charge in [-0.05, 0) is 47.8 Å². The lowest BCUT2D eigenvalue weighted by Crippen LogP contribution is -2.61. The van der Waals surface area contributed by atoms with E-state index in [2.05, 4.69) is 35.9 Å². The largest absolute Gasteiger partial charge is 0.497 e. The molecule has 2 aromatic heterocycles. The van der Waals surface area contributed by atoms with E-state index in [1.54, 1.807) is 20.4 Å². The number of hydrogen-bond acceptors (Lipinski definition) is 7. The highest BCUT2D eigenvalue weighted by Crippen LogP contribution is 2.35. The molecule has 0 spiro atoms. The van der Waals surface area contributed by atoms with Crippen LogP contribution < -0.4 is 20.1 Å². The average molecular weight is 529 g/mol. The van der Waals surface area contributed by atoms with Gasteiger partial charge in [0.05, 0.1) is 20.3 Å². The topological polar surface area (TPSA) is 93.0 Å². The summed E-state index contributed by atoms with van der Waals surface area (Å²) in [5, 5.41) is 6.75.